The zero-order valence-electron chi connectivity index (χ0n) is 13.3. The standard InChI is InChI=1S/C15H27N5/c1-14(2)12-20(15(14,3)4)13(16-5)17-8-6-10-19-11-7-9-18-19/h7,9,11H,6,8,10,12H2,1-5H3,(H,16,17). The maximum absolute atomic E-state index is 4.41. The van der Waals surface area contributed by atoms with Crippen molar-refractivity contribution in [3.63, 3.8) is 0 Å². The summed E-state index contributed by atoms with van der Waals surface area (Å²) in [7, 11) is 1.86. The maximum Gasteiger partial charge on any atom is 0.194 e. The Kier molecular flexibility index (Phi) is 4.06. The van der Waals surface area contributed by atoms with Gasteiger partial charge in [0.1, 0.15) is 0 Å². The molecule has 5 heteroatoms. The molecule has 112 valence electrons. The van der Waals surface area contributed by atoms with E-state index in [2.05, 4.69) is 48.0 Å². The summed E-state index contributed by atoms with van der Waals surface area (Å²) in [4.78, 5) is 6.78. The van der Waals surface area contributed by atoms with Crippen LogP contribution < -0.4 is 5.32 Å². The van der Waals surface area contributed by atoms with Crippen LogP contribution in [-0.2, 0) is 6.54 Å². The van der Waals surface area contributed by atoms with Gasteiger partial charge in [-0.2, -0.15) is 5.10 Å². The first-order valence-electron chi connectivity index (χ1n) is 7.34. The number of aromatic nitrogens is 2. The number of rotatable bonds is 4. The topological polar surface area (TPSA) is 45.5 Å². The van der Waals surface area contributed by atoms with E-state index in [4.69, 9.17) is 0 Å². The number of nitrogens with one attached hydrogen (secondary N) is 1. The molecule has 0 unspecified atom stereocenters. The monoisotopic (exact) mass is 277 g/mol. The fourth-order valence-electron chi connectivity index (χ4n) is 2.57. The average Bonchev–Trinajstić information content (AvgIpc) is 2.90. The van der Waals surface area contributed by atoms with E-state index >= 15 is 0 Å². The van der Waals surface area contributed by atoms with Gasteiger partial charge in [0, 0.05) is 50.0 Å². The Morgan fingerprint density at radius 3 is 2.60 bits per heavy atom. The number of aliphatic imine (C=N–C) groups is 1. The smallest absolute Gasteiger partial charge is 0.194 e. The third-order valence-electron chi connectivity index (χ3n) is 4.76. The summed E-state index contributed by atoms with van der Waals surface area (Å²) in [5, 5.41) is 7.67. The normalized spacial score (nSPS) is 20.6. The molecule has 5 nitrogen and oxygen atoms in total. The van der Waals surface area contributed by atoms with E-state index in [1.54, 1.807) is 0 Å². The fraction of sp³-hybridized carbons (Fsp3) is 0.733. The molecule has 0 atom stereocenters. The van der Waals surface area contributed by atoms with Gasteiger partial charge < -0.3 is 10.2 Å². The van der Waals surface area contributed by atoms with Crippen LogP contribution in [-0.4, -0.2) is 46.3 Å². The Labute approximate surface area is 122 Å². The predicted molar refractivity (Wildman–Crippen MR) is 82.8 cm³/mol. The number of likely N-dealkylation sites (tertiary alicyclic amines) is 1. The molecule has 2 heterocycles. The van der Waals surface area contributed by atoms with Gasteiger partial charge in [0.05, 0.1) is 0 Å². The number of hydrogen-bond donors (Lipinski definition) is 1. The van der Waals surface area contributed by atoms with Crippen molar-refractivity contribution in [2.75, 3.05) is 20.1 Å². The van der Waals surface area contributed by atoms with Gasteiger partial charge in [-0.1, -0.05) is 13.8 Å². The van der Waals surface area contributed by atoms with E-state index in [0.717, 1.165) is 32.0 Å². The first kappa shape index (κ1) is 14.9. The van der Waals surface area contributed by atoms with Crippen LogP contribution in [0.25, 0.3) is 0 Å². The summed E-state index contributed by atoms with van der Waals surface area (Å²) in [6.45, 7) is 12.1. The third kappa shape index (κ3) is 2.67. The van der Waals surface area contributed by atoms with Gasteiger partial charge in [0.15, 0.2) is 5.96 Å². The average molecular weight is 277 g/mol. The van der Waals surface area contributed by atoms with Gasteiger partial charge in [0.2, 0.25) is 0 Å². The van der Waals surface area contributed by atoms with Crippen molar-refractivity contribution >= 4 is 5.96 Å². The van der Waals surface area contributed by atoms with Crippen LogP contribution in [0.4, 0.5) is 0 Å². The van der Waals surface area contributed by atoms with Crippen LogP contribution in [0.5, 0.6) is 0 Å². The highest BCUT2D eigenvalue weighted by Crippen LogP contribution is 2.46. The van der Waals surface area contributed by atoms with Crippen LogP contribution >= 0.6 is 0 Å². The highest BCUT2D eigenvalue weighted by atomic mass is 15.4. The SMILES string of the molecule is CN=C(NCCCn1cccn1)N1CC(C)(C)C1(C)C. The van der Waals surface area contributed by atoms with E-state index in [9.17, 15) is 0 Å². The van der Waals surface area contributed by atoms with E-state index in [1.807, 2.05) is 30.2 Å². The Morgan fingerprint density at radius 1 is 1.35 bits per heavy atom. The minimum atomic E-state index is 0.150. The summed E-state index contributed by atoms with van der Waals surface area (Å²) in [6.07, 6.45) is 4.85. The molecule has 0 amide bonds. The third-order valence-corrected chi connectivity index (χ3v) is 4.76. The molecule has 2 rings (SSSR count). The highest BCUT2D eigenvalue weighted by Gasteiger charge is 2.53. The van der Waals surface area contributed by atoms with E-state index in [-0.39, 0.29) is 5.54 Å². The molecule has 1 aliphatic rings. The van der Waals surface area contributed by atoms with Crippen LogP contribution in [0.1, 0.15) is 34.1 Å². The highest BCUT2D eigenvalue weighted by molar-refractivity contribution is 5.81. The van der Waals surface area contributed by atoms with E-state index in [1.165, 1.54) is 0 Å². The van der Waals surface area contributed by atoms with E-state index in [0.29, 0.717) is 5.41 Å². The largest absolute Gasteiger partial charge is 0.356 e. The molecular formula is C15H27N5. The predicted octanol–water partition coefficient (Wildman–Crippen LogP) is 1.97. The second-order valence-corrected chi connectivity index (χ2v) is 6.63. The zero-order valence-corrected chi connectivity index (χ0v) is 13.3. The lowest BCUT2D eigenvalue weighted by atomic mass is 9.65. The molecule has 0 saturated carbocycles. The summed E-state index contributed by atoms with van der Waals surface area (Å²) in [5.41, 5.74) is 0.483. The van der Waals surface area contributed by atoms with Crippen LogP contribution in [0.15, 0.2) is 23.5 Å². The Hall–Kier alpha value is -1.52. The van der Waals surface area contributed by atoms with Gasteiger partial charge in [-0.15, -0.1) is 0 Å². The Morgan fingerprint density at radius 2 is 2.10 bits per heavy atom. The molecule has 20 heavy (non-hydrogen) atoms. The second-order valence-electron chi connectivity index (χ2n) is 6.63. The minimum Gasteiger partial charge on any atom is -0.356 e. The molecule has 0 aliphatic carbocycles. The lowest BCUT2D eigenvalue weighted by Gasteiger charge is -2.62. The lowest BCUT2D eigenvalue weighted by molar-refractivity contribution is -0.0667. The summed E-state index contributed by atoms with van der Waals surface area (Å²) in [5.74, 6) is 1.01. The van der Waals surface area contributed by atoms with Gasteiger partial charge in [-0.3, -0.25) is 9.67 Å². The van der Waals surface area contributed by atoms with Crippen LogP contribution in [0, 0.1) is 5.41 Å². The fourth-order valence-corrected chi connectivity index (χ4v) is 2.57. The lowest BCUT2D eigenvalue weighted by Crippen LogP contribution is -2.72. The Bertz CT molecular complexity index is 459. The van der Waals surface area contributed by atoms with Crippen molar-refractivity contribution < 1.29 is 0 Å². The van der Waals surface area contributed by atoms with Gasteiger partial charge in [-0.05, 0) is 26.3 Å². The van der Waals surface area contributed by atoms with Crippen molar-refractivity contribution in [2.45, 2.75) is 46.2 Å². The quantitative estimate of drug-likeness (QED) is 0.520. The molecule has 0 bridgehead atoms. The molecule has 1 saturated heterocycles. The van der Waals surface area contributed by atoms with E-state index < -0.39 is 0 Å². The number of nitrogens with zero attached hydrogens (tertiary/aromatic N) is 4. The summed E-state index contributed by atoms with van der Waals surface area (Å²) < 4.78 is 1.96. The molecule has 0 radical (unpaired) electrons. The van der Waals surface area contributed by atoms with Crippen LogP contribution in [0.2, 0.25) is 0 Å². The number of aryl methyl sites for hydroxylation is 1. The zero-order chi connectivity index (χ0) is 14.8. The van der Waals surface area contributed by atoms with Crippen molar-refractivity contribution in [3.05, 3.63) is 18.5 Å². The second kappa shape index (κ2) is 5.46. The number of guanidine groups is 1. The summed E-state index contributed by atoms with van der Waals surface area (Å²) >= 11 is 0. The van der Waals surface area contributed by atoms with Crippen molar-refractivity contribution in [1.29, 1.82) is 0 Å². The van der Waals surface area contributed by atoms with Gasteiger partial charge >= 0.3 is 0 Å². The molecule has 0 spiro atoms. The van der Waals surface area contributed by atoms with Crippen molar-refractivity contribution in [3.8, 4) is 0 Å². The molecule has 1 aliphatic heterocycles. The Balaban J connectivity index is 1.80. The van der Waals surface area contributed by atoms with Crippen LogP contribution in [0.3, 0.4) is 0 Å². The molecule has 1 aromatic heterocycles. The molecular weight excluding hydrogens is 250 g/mol. The first-order valence-corrected chi connectivity index (χ1v) is 7.34. The molecule has 1 aromatic rings. The van der Waals surface area contributed by atoms with Crippen molar-refractivity contribution in [1.82, 2.24) is 20.0 Å². The maximum atomic E-state index is 4.41. The molecule has 1 N–H and O–H groups in total. The van der Waals surface area contributed by atoms with Gasteiger partial charge in [0.25, 0.3) is 0 Å². The summed E-state index contributed by atoms with van der Waals surface area (Å²) in [6, 6.07) is 1.96. The molecule has 1 fully saturated rings. The minimum absolute atomic E-state index is 0.150. The first-order chi connectivity index (χ1) is 9.38. The van der Waals surface area contributed by atoms with Gasteiger partial charge in [-0.25, -0.2) is 0 Å². The van der Waals surface area contributed by atoms with Crippen molar-refractivity contribution in [2.24, 2.45) is 10.4 Å². The number of hydrogen-bond acceptors (Lipinski definition) is 2. The molecule has 0 aromatic carbocycles.